The number of amides is 2. The van der Waals surface area contributed by atoms with E-state index in [0.29, 0.717) is 17.0 Å². The second kappa shape index (κ2) is 8.76. The van der Waals surface area contributed by atoms with Gasteiger partial charge in [0, 0.05) is 14.1 Å². The van der Waals surface area contributed by atoms with Crippen LogP contribution in [0.1, 0.15) is 78.3 Å². The van der Waals surface area contributed by atoms with Crippen LogP contribution in [-0.2, 0) is 5.41 Å². The van der Waals surface area contributed by atoms with E-state index in [0.717, 1.165) is 5.56 Å². The molecule has 0 spiro atoms. The molecule has 0 saturated carbocycles. The first-order valence-electron chi connectivity index (χ1n) is 10.0. The monoisotopic (exact) mass is 395 g/mol. The fourth-order valence-electron chi connectivity index (χ4n) is 3.19. The maximum atomic E-state index is 12.9. The van der Waals surface area contributed by atoms with Gasteiger partial charge in [-0.05, 0) is 41.5 Å². The van der Waals surface area contributed by atoms with Gasteiger partial charge in [-0.2, -0.15) is 0 Å². The van der Waals surface area contributed by atoms with Crippen LogP contribution in [0.4, 0.5) is 0 Å². The topological polar surface area (TPSA) is 62.3 Å². The summed E-state index contributed by atoms with van der Waals surface area (Å²) < 4.78 is 0. The summed E-state index contributed by atoms with van der Waals surface area (Å²) in [6.07, 6.45) is 0. The number of benzene rings is 1. The Kier molecular flexibility index (Phi) is 6.83. The minimum atomic E-state index is -0.183. The van der Waals surface area contributed by atoms with Crippen molar-refractivity contribution < 1.29 is 9.59 Å². The lowest BCUT2D eigenvalue weighted by Gasteiger charge is -2.25. The van der Waals surface area contributed by atoms with Gasteiger partial charge in [-0.1, -0.05) is 58.9 Å². The first-order chi connectivity index (χ1) is 13.4. The minimum absolute atomic E-state index is 0.0869. The van der Waals surface area contributed by atoms with Gasteiger partial charge in [-0.3, -0.25) is 9.59 Å². The van der Waals surface area contributed by atoms with Crippen molar-refractivity contribution >= 4 is 11.8 Å². The van der Waals surface area contributed by atoms with Crippen LogP contribution >= 0.6 is 0 Å². The number of carbonyl (C=O) groups excluding carboxylic acids is 2. The summed E-state index contributed by atoms with van der Waals surface area (Å²) in [5.74, 6) is -0.140. The lowest BCUT2D eigenvalue weighted by molar-refractivity contribution is 0.0820. The third kappa shape index (κ3) is 5.43. The van der Waals surface area contributed by atoms with E-state index < -0.39 is 0 Å². The van der Waals surface area contributed by atoms with Gasteiger partial charge in [0.05, 0.1) is 17.3 Å². The molecule has 1 N–H and O–H groups in total. The molecule has 5 heteroatoms. The summed E-state index contributed by atoms with van der Waals surface area (Å²) in [6, 6.07) is 11.6. The highest BCUT2D eigenvalue weighted by atomic mass is 16.2. The standard InChI is InChI=1S/C24H33N3O2/c1-15(2)21(17-9-11-18(12-10-17)24(4,5)6)26-22(28)19-13-14-20(25-16(19)3)23(29)27(7)8/h9-15,21H,1-8H3,(H,26,28). The van der Waals surface area contributed by atoms with Gasteiger partial charge in [0.1, 0.15) is 5.69 Å². The quantitative estimate of drug-likeness (QED) is 0.810. The second-order valence-corrected chi connectivity index (χ2v) is 9.10. The average Bonchev–Trinajstić information content (AvgIpc) is 2.64. The molecule has 0 aliphatic rings. The first kappa shape index (κ1) is 22.6. The molecule has 0 saturated heterocycles. The number of hydrogen-bond acceptors (Lipinski definition) is 3. The van der Waals surface area contributed by atoms with Gasteiger partial charge in [0.15, 0.2) is 0 Å². The van der Waals surface area contributed by atoms with Gasteiger partial charge >= 0.3 is 0 Å². The fraction of sp³-hybridized carbons (Fsp3) is 0.458. The zero-order chi connectivity index (χ0) is 21.9. The normalized spacial score (nSPS) is 12.6. The van der Waals surface area contributed by atoms with Gasteiger partial charge in [0.2, 0.25) is 0 Å². The molecule has 0 bridgehead atoms. The SMILES string of the molecule is Cc1nc(C(=O)N(C)C)ccc1C(=O)NC(c1ccc(C(C)(C)C)cc1)C(C)C. The summed E-state index contributed by atoms with van der Waals surface area (Å²) >= 11 is 0. The highest BCUT2D eigenvalue weighted by Crippen LogP contribution is 2.27. The Morgan fingerprint density at radius 3 is 2.03 bits per heavy atom. The summed E-state index contributed by atoms with van der Waals surface area (Å²) in [6.45, 7) is 12.5. The summed E-state index contributed by atoms with van der Waals surface area (Å²) in [7, 11) is 3.36. The number of nitrogens with zero attached hydrogens (tertiary/aromatic N) is 2. The Balaban J connectivity index is 2.25. The van der Waals surface area contributed by atoms with Crippen molar-refractivity contribution in [3.8, 4) is 0 Å². The number of carbonyl (C=O) groups is 2. The number of rotatable bonds is 5. The largest absolute Gasteiger partial charge is 0.345 e. The summed E-state index contributed by atoms with van der Waals surface area (Å²) in [4.78, 5) is 30.8. The Morgan fingerprint density at radius 2 is 1.59 bits per heavy atom. The van der Waals surface area contributed by atoms with Crippen molar-refractivity contribution in [2.24, 2.45) is 5.92 Å². The van der Waals surface area contributed by atoms with Gasteiger partial charge in [0.25, 0.3) is 11.8 Å². The maximum absolute atomic E-state index is 12.9. The number of nitrogens with one attached hydrogen (secondary N) is 1. The molecule has 1 unspecified atom stereocenters. The van der Waals surface area contributed by atoms with E-state index in [1.54, 1.807) is 33.2 Å². The number of aryl methyl sites for hydroxylation is 1. The lowest BCUT2D eigenvalue weighted by atomic mass is 9.85. The number of aromatic nitrogens is 1. The molecule has 2 rings (SSSR count). The van der Waals surface area contributed by atoms with Gasteiger partial charge in [-0.25, -0.2) is 4.98 Å². The first-order valence-corrected chi connectivity index (χ1v) is 10.0. The molecule has 156 valence electrons. The Hall–Kier alpha value is -2.69. The third-order valence-corrected chi connectivity index (χ3v) is 5.04. The molecular weight excluding hydrogens is 362 g/mol. The van der Waals surface area contributed by atoms with E-state index in [2.05, 4.69) is 69.2 Å². The van der Waals surface area contributed by atoms with Crippen molar-refractivity contribution in [1.82, 2.24) is 15.2 Å². The number of pyridine rings is 1. The van der Waals surface area contributed by atoms with E-state index in [9.17, 15) is 9.59 Å². The predicted octanol–water partition coefficient (Wildman–Crippen LogP) is 4.52. The van der Waals surface area contributed by atoms with Crippen LogP contribution in [-0.4, -0.2) is 35.8 Å². The van der Waals surface area contributed by atoms with Crippen LogP contribution in [0, 0.1) is 12.8 Å². The van der Waals surface area contributed by atoms with Crippen LogP contribution in [0.5, 0.6) is 0 Å². The third-order valence-electron chi connectivity index (χ3n) is 5.04. The molecule has 5 nitrogen and oxygen atoms in total. The minimum Gasteiger partial charge on any atom is -0.345 e. The Labute approximate surface area is 174 Å². The van der Waals surface area contributed by atoms with Crippen molar-refractivity contribution in [3.63, 3.8) is 0 Å². The molecule has 1 aromatic heterocycles. The maximum Gasteiger partial charge on any atom is 0.271 e. The van der Waals surface area contributed by atoms with E-state index in [4.69, 9.17) is 0 Å². The zero-order valence-corrected chi connectivity index (χ0v) is 18.8. The fourth-order valence-corrected chi connectivity index (χ4v) is 3.19. The molecule has 1 heterocycles. The highest BCUT2D eigenvalue weighted by molar-refractivity contribution is 5.97. The average molecular weight is 396 g/mol. The van der Waals surface area contributed by atoms with Crippen LogP contribution in [0.3, 0.4) is 0 Å². The lowest BCUT2D eigenvalue weighted by Crippen LogP contribution is -2.32. The van der Waals surface area contributed by atoms with Crippen molar-refractivity contribution in [2.45, 2.75) is 53.0 Å². The van der Waals surface area contributed by atoms with Crippen molar-refractivity contribution in [1.29, 1.82) is 0 Å². The highest BCUT2D eigenvalue weighted by Gasteiger charge is 2.22. The molecule has 2 aromatic rings. The van der Waals surface area contributed by atoms with E-state index in [1.807, 2.05) is 0 Å². The smallest absolute Gasteiger partial charge is 0.271 e. The molecular formula is C24H33N3O2. The summed E-state index contributed by atoms with van der Waals surface area (Å²) in [5, 5.41) is 3.15. The Bertz CT molecular complexity index is 878. The molecule has 0 fully saturated rings. The second-order valence-electron chi connectivity index (χ2n) is 9.10. The molecule has 2 amide bonds. The molecule has 29 heavy (non-hydrogen) atoms. The molecule has 0 radical (unpaired) electrons. The molecule has 1 aromatic carbocycles. The van der Waals surface area contributed by atoms with Crippen LogP contribution in [0.15, 0.2) is 36.4 Å². The van der Waals surface area contributed by atoms with Crippen LogP contribution in [0.2, 0.25) is 0 Å². The molecule has 1 atom stereocenters. The van der Waals surface area contributed by atoms with E-state index >= 15 is 0 Å². The predicted molar refractivity (Wildman–Crippen MR) is 117 cm³/mol. The van der Waals surface area contributed by atoms with E-state index in [1.165, 1.54) is 10.5 Å². The van der Waals surface area contributed by atoms with Gasteiger partial charge < -0.3 is 10.2 Å². The molecule has 0 aliphatic carbocycles. The van der Waals surface area contributed by atoms with Gasteiger partial charge in [-0.15, -0.1) is 0 Å². The van der Waals surface area contributed by atoms with Crippen LogP contribution < -0.4 is 5.32 Å². The van der Waals surface area contributed by atoms with Crippen LogP contribution in [0.25, 0.3) is 0 Å². The van der Waals surface area contributed by atoms with Crippen molar-refractivity contribution in [3.05, 3.63) is 64.5 Å². The molecule has 0 aliphatic heterocycles. The number of hydrogen-bond donors (Lipinski definition) is 1. The van der Waals surface area contributed by atoms with E-state index in [-0.39, 0.29) is 29.2 Å². The van der Waals surface area contributed by atoms with Crippen molar-refractivity contribution in [2.75, 3.05) is 14.1 Å². The zero-order valence-electron chi connectivity index (χ0n) is 18.8. The summed E-state index contributed by atoms with van der Waals surface area (Å²) in [5.41, 5.74) is 3.78. The Morgan fingerprint density at radius 1 is 1.00 bits per heavy atom.